The van der Waals surface area contributed by atoms with Gasteiger partial charge in [-0.25, -0.2) is 4.57 Å². The van der Waals surface area contributed by atoms with E-state index >= 15 is 0 Å². The van der Waals surface area contributed by atoms with Crippen molar-refractivity contribution in [1.29, 1.82) is 0 Å². The highest BCUT2D eigenvalue weighted by Crippen LogP contribution is 2.43. The van der Waals surface area contributed by atoms with Crippen molar-refractivity contribution in [2.45, 2.75) is 215 Å². The average Bonchev–Trinajstić information content (AvgIpc) is 3.10. The van der Waals surface area contributed by atoms with Crippen molar-refractivity contribution in [1.82, 2.24) is 0 Å². The summed E-state index contributed by atoms with van der Waals surface area (Å²) in [7, 11) is -4.48. The second-order valence-corrected chi connectivity index (χ2v) is 20.8. The summed E-state index contributed by atoms with van der Waals surface area (Å²) >= 11 is 0. The molecule has 0 bridgehead atoms. The van der Waals surface area contributed by atoms with Gasteiger partial charge in [0.25, 0.3) is 0 Å². The Kier molecular flexibility index (Phi) is 33.6. The molecule has 0 fully saturated rings. The highest BCUT2D eigenvalue weighted by atomic mass is 31.2. The van der Waals surface area contributed by atoms with Crippen molar-refractivity contribution < 1.29 is 43.3 Å². The lowest BCUT2D eigenvalue weighted by Gasteiger charge is -2.26. The van der Waals surface area contributed by atoms with Crippen LogP contribution in [0.1, 0.15) is 198 Å². The van der Waals surface area contributed by atoms with Crippen LogP contribution in [-0.4, -0.2) is 77.7 Å². The summed E-state index contributed by atoms with van der Waals surface area (Å²) in [5.41, 5.74) is -0.884. The molecule has 0 saturated heterocycles. The van der Waals surface area contributed by atoms with Gasteiger partial charge in [-0.3, -0.25) is 9.05 Å². The molecular formula is C46H95O9P. The fourth-order valence-corrected chi connectivity index (χ4v) is 8.20. The lowest BCUT2D eigenvalue weighted by atomic mass is 9.89. The Balaban J connectivity index is 4.62. The van der Waals surface area contributed by atoms with E-state index < -0.39 is 38.8 Å². The molecule has 0 aromatic heterocycles. The van der Waals surface area contributed by atoms with Crippen LogP contribution in [0.15, 0.2) is 0 Å². The van der Waals surface area contributed by atoms with Gasteiger partial charge in [-0.05, 0) is 67.6 Å². The molecule has 10 heteroatoms. The number of phosphoric acid groups is 1. The second kappa shape index (κ2) is 33.6. The third kappa shape index (κ3) is 35.8. The highest BCUT2D eigenvalue weighted by molar-refractivity contribution is 7.47. The van der Waals surface area contributed by atoms with Gasteiger partial charge in [-0.1, -0.05) is 171 Å². The minimum Gasteiger partial charge on any atom is -0.394 e. The summed E-state index contributed by atoms with van der Waals surface area (Å²) in [4.78, 5) is 10.1. The quantitative estimate of drug-likeness (QED) is 0.0352. The van der Waals surface area contributed by atoms with Gasteiger partial charge in [0.1, 0.15) is 12.2 Å². The first-order valence-electron chi connectivity index (χ1n) is 23.2. The zero-order valence-corrected chi connectivity index (χ0v) is 39.3. The van der Waals surface area contributed by atoms with Crippen molar-refractivity contribution in [3.63, 3.8) is 0 Å². The zero-order valence-electron chi connectivity index (χ0n) is 38.4. The molecule has 0 saturated carbocycles. The van der Waals surface area contributed by atoms with E-state index in [2.05, 4.69) is 62.3 Å². The van der Waals surface area contributed by atoms with Gasteiger partial charge in [0.15, 0.2) is 0 Å². The van der Waals surface area contributed by atoms with Crippen molar-refractivity contribution in [3.8, 4) is 0 Å². The van der Waals surface area contributed by atoms with Crippen molar-refractivity contribution in [2.24, 2.45) is 41.4 Å². The second-order valence-electron chi connectivity index (χ2n) is 19.4. The summed E-state index contributed by atoms with van der Waals surface area (Å²) in [5, 5.41) is 29.6. The Morgan fingerprint density at radius 2 is 0.929 bits per heavy atom. The van der Waals surface area contributed by atoms with Gasteiger partial charge in [0.2, 0.25) is 0 Å². The summed E-state index contributed by atoms with van der Waals surface area (Å²) in [6.07, 6.45) is 21.6. The SMILES string of the molecule is CC(C)CCCC(C)CCCC(C)CCCC(C)CCOC[C@@H](COP(=O)(O)OC[C@H](O)CO)OCCC(C)(O)CCCC(C)CCCC(C)CCCC(C)C. The standard InChI is InChI=1S/C46H95O9P/c1-37(2)17-11-19-39(5)21-13-23-41(7)24-15-26-43(9)28-31-52-35-45(36-55-56(50,51)54-34-44(48)33-47)53-32-30-46(10,49)29-16-27-42(8)25-14-22-40(6)20-12-18-38(3)4/h37-45,47-49H,11-36H2,1-10H3,(H,50,51)/t39?,40?,41?,42?,43?,44-,45+,46?/m1/s1. The number of hydrogen-bond acceptors (Lipinski definition) is 8. The maximum atomic E-state index is 12.4. The molecule has 0 amide bonds. The first-order valence-corrected chi connectivity index (χ1v) is 24.7. The summed E-state index contributed by atoms with van der Waals surface area (Å²) in [6.45, 7) is 22.5. The van der Waals surface area contributed by atoms with Crippen molar-refractivity contribution >= 4 is 7.82 Å². The number of aliphatic hydroxyl groups is 3. The van der Waals surface area contributed by atoms with Crippen LogP contribution in [0.25, 0.3) is 0 Å². The van der Waals surface area contributed by atoms with E-state index in [1.54, 1.807) is 0 Å². The zero-order chi connectivity index (χ0) is 42.4. The van der Waals surface area contributed by atoms with Gasteiger partial charge in [0.05, 0.1) is 32.0 Å². The predicted molar refractivity (Wildman–Crippen MR) is 234 cm³/mol. The van der Waals surface area contributed by atoms with E-state index in [1.807, 2.05) is 6.92 Å². The molecule has 0 aromatic rings. The predicted octanol–water partition coefficient (Wildman–Crippen LogP) is 11.9. The van der Waals surface area contributed by atoms with E-state index in [1.165, 1.54) is 96.3 Å². The van der Waals surface area contributed by atoms with E-state index in [0.29, 0.717) is 31.3 Å². The molecule has 9 atom stereocenters. The molecule has 338 valence electrons. The van der Waals surface area contributed by atoms with Gasteiger partial charge >= 0.3 is 7.82 Å². The lowest BCUT2D eigenvalue weighted by Crippen LogP contribution is -2.31. The Hall–Kier alpha value is -0.0900. The molecule has 0 aliphatic heterocycles. The third-order valence-electron chi connectivity index (χ3n) is 11.7. The molecule has 0 radical (unpaired) electrons. The van der Waals surface area contributed by atoms with Crippen LogP contribution in [0, 0.1) is 41.4 Å². The van der Waals surface area contributed by atoms with Crippen LogP contribution in [-0.2, 0) is 23.1 Å². The summed E-state index contributed by atoms with van der Waals surface area (Å²) < 4.78 is 34.4. The summed E-state index contributed by atoms with van der Waals surface area (Å²) in [6, 6.07) is 0. The number of rotatable bonds is 40. The number of phosphoric ester groups is 1. The van der Waals surface area contributed by atoms with E-state index in [0.717, 1.165) is 48.9 Å². The minimum atomic E-state index is -4.48. The van der Waals surface area contributed by atoms with E-state index in [9.17, 15) is 19.7 Å². The van der Waals surface area contributed by atoms with Crippen LogP contribution in [0.4, 0.5) is 0 Å². The van der Waals surface area contributed by atoms with E-state index in [-0.39, 0.29) is 19.8 Å². The number of ether oxygens (including phenoxy) is 2. The Bertz CT molecular complexity index is 932. The molecule has 0 spiro atoms. The fraction of sp³-hybridized carbons (Fsp3) is 1.00. The molecule has 7 unspecified atom stereocenters. The fourth-order valence-electron chi connectivity index (χ4n) is 7.41. The van der Waals surface area contributed by atoms with Crippen LogP contribution in [0.3, 0.4) is 0 Å². The minimum absolute atomic E-state index is 0.176. The molecule has 0 aliphatic rings. The average molecular weight is 823 g/mol. The van der Waals surface area contributed by atoms with Crippen molar-refractivity contribution in [2.75, 3.05) is 39.6 Å². The topological polar surface area (TPSA) is 135 Å². The van der Waals surface area contributed by atoms with Gasteiger partial charge in [0, 0.05) is 13.2 Å². The smallest absolute Gasteiger partial charge is 0.394 e. The molecule has 9 nitrogen and oxygen atoms in total. The molecule has 0 heterocycles. The largest absolute Gasteiger partial charge is 0.472 e. The monoisotopic (exact) mass is 823 g/mol. The molecule has 56 heavy (non-hydrogen) atoms. The summed E-state index contributed by atoms with van der Waals surface area (Å²) in [5.74, 6) is 5.15. The lowest BCUT2D eigenvalue weighted by molar-refractivity contribution is -0.0654. The van der Waals surface area contributed by atoms with Crippen LogP contribution >= 0.6 is 7.82 Å². The van der Waals surface area contributed by atoms with Crippen LogP contribution in [0.5, 0.6) is 0 Å². The molecule has 0 aliphatic carbocycles. The van der Waals surface area contributed by atoms with Crippen LogP contribution < -0.4 is 0 Å². The first kappa shape index (κ1) is 55.9. The maximum absolute atomic E-state index is 12.4. The normalized spacial score (nSPS) is 18.4. The highest BCUT2D eigenvalue weighted by Gasteiger charge is 2.26. The molecular weight excluding hydrogens is 727 g/mol. The third-order valence-corrected chi connectivity index (χ3v) is 12.6. The first-order chi connectivity index (χ1) is 26.3. The van der Waals surface area contributed by atoms with Gasteiger partial charge in [-0.15, -0.1) is 0 Å². The molecule has 0 aromatic carbocycles. The van der Waals surface area contributed by atoms with Gasteiger partial charge in [-0.2, -0.15) is 0 Å². The van der Waals surface area contributed by atoms with Crippen LogP contribution in [0.2, 0.25) is 0 Å². The van der Waals surface area contributed by atoms with E-state index in [4.69, 9.17) is 23.6 Å². The number of hydrogen-bond donors (Lipinski definition) is 4. The molecule has 4 N–H and O–H groups in total. The van der Waals surface area contributed by atoms with Gasteiger partial charge < -0.3 is 29.7 Å². The molecule has 0 rings (SSSR count). The number of aliphatic hydroxyl groups excluding tert-OH is 2. The maximum Gasteiger partial charge on any atom is 0.472 e. The Morgan fingerprint density at radius 3 is 1.36 bits per heavy atom. The Labute approximate surface area is 346 Å². The Morgan fingerprint density at radius 1 is 0.536 bits per heavy atom. The van der Waals surface area contributed by atoms with Crippen molar-refractivity contribution in [3.05, 3.63) is 0 Å².